The number of fused-ring (bicyclic) bond motifs is 1. The number of amides is 16. The van der Waals surface area contributed by atoms with Gasteiger partial charge in [0, 0.05) is 102 Å². The third-order valence-electron chi connectivity index (χ3n) is 17.4. The lowest BCUT2D eigenvalue weighted by Gasteiger charge is -2.28. The van der Waals surface area contributed by atoms with Gasteiger partial charge in [0.15, 0.2) is 5.96 Å². The summed E-state index contributed by atoms with van der Waals surface area (Å²) in [6, 6.07) is 3.05. The van der Waals surface area contributed by atoms with Gasteiger partial charge in [-0.15, -0.1) is 0 Å². The average molecular weight is 1660 g/mol. The number of hydrogen-bond acceptors (Lipinski definition) is 21. The Morgan fingerprint density at radius 2 is 0.602 bits per heavy atom. The predicted octanol–water partition coefficient (Wildman–Crippen LogP) is -5.96. The zero-order chi connectivity index (χ0) is 88.3. The number of H-pyrrole nitrogens is 1. The maximum absolute atomic E-state index is 15.1. The van der Waals surface area contributed by atoms with Crippen LogP contribution in [0.1, 0.15) is 133 Å². The van der Waals surface area contributed by atoms with Gasteiger partial charge in [0.05, 0.1) is 0 Å². The molecule has 11 atom stereocenters. The fourth-order valence-corrected chi connectivity index (χ4v) is 11.5. The molecule has 3 aromatic carbocycles. The lowest BCUT2D eigenvalue weighted by Crippen LogP contribution is -2.61. The van der Waals surface area contributed by atoms with E-state index in [1.165, 1.54) is 18.3 Å². The molecule has 0 aliphatic rings. The van der Waals surface area contributed by atoms with Crippen LogP contribution in [0.2, 0.25) is 0 Å². The van der Waals surface area contributed by atoms with Crippen molar-refractivity contribution in [1.29, 1.82) is 5.41 Å². The SMILES string of the molecule is CC(=O)NC(CCC(N)=O)C(=O)NC(CCC(N)=O)C(=O)NC(CCCNC(=N)N)C(=O)NC(Cc1ccccc1)C(=O)NC(CCC(=O)O)C(=O)NC(Cc1c[nH]c2ccccc12)C(=O)NC(CCC(=O)O)C(=O)NC(Cc1ccccc1)C(=O)NC(CCC(=O)O)C(=O)NC(CCC(N)=O)C(=O)NC(CCC(N)=O)C(N)=O.CC(=O)O. The van der Waals surface area contributed by atoms with Crippen LogP contribution in [0.3, 0.4) is 0 Å². The van der Waals surface area contributed by atoms with Gasteiger partial charge in [0.2, 0.25) is 94.5 Å². The molecule has 44 heteroatoms. The summed E-state index contributed by atoms with van der Waals surface area (Å²) in [5.74, 6) is -22.9. The highest BCUT2D eigenvalue weighted by molar-refractivity contribution is 6.01. The number of nitrogens with one attached hydrogen (secondary N) is 14. The normalized spacial score (nSPS) is 13.5. The van der Waals surface area contributed by atoms with Crippen LogP contribution in [-0.4, -0.2) is 223 Å². The minimum absolute atomic E-state index is 0.0337. The van der Waals surface area contributed by atoms with Gasteiger partial charge in [-0.1, -0.05) is 78.9 Å². The predicted molar refractivity (Wildman–Crippen MR) is 415 cm³/mol. The van der Waals surface area contributed by atoms with E-state index in [1.807, 2.05) is 0 Å². The van der Waals surface area contributed by atoms with Crippen LogP contribution in [0.5, 0.6) is 0 Å². The van der Waals surface area contributed by atoms with Crippen molar-refractivity contribution in [3.63, 3.8) is 0 Å². The van der Waals surface area contributed by atoms with Crippen LogP contribution in [0, 0.1) is 5.41 Å². The first-order valence-corrected chi connectivity index (χ1v) is 36.9. The number of nitrogens with two attached hydrogens (primary N) is 6. The van der Waals surface area contributed by atoms with Crippen LogP contribution in [0.15, 0.2) is 91.1 Å². The number of aromatic amines is 1. The van der Waals surface area contributed by atoms with Crippen molar-refractivity contribution in [2.75, 3.05) is 6.54 Å². The summed E-state index contributed by atoms with van der Waals surface area (Å²) in [7, 11) is 0. The number of benzene rings is 3. The summed E-state index contributed by atoms with van der Waals surface area (Å²) >= 11 is 0. The Morgan fingerprint density at radius 1 is 0.339 bits per heavy atom. The summed E-state index contributed by atoms with van der Waals surface area (Å²) in [5, 5.41) is 74.4. The standard InChI is InChI=1S/C72H98N20O22.C2H4O2/c1-37(93)82-45(19-26-55(74)95)63(106)85-47(21-28-57(76)97)65(108)84-44(17-10-32-80-72(78)79)62(105)90-51(33-38-11-4-2-5-12-38)69(112)88-50(24-31-60(102)103)68(111)92-53(35-40-36-81-42-16-9-8-15-41(40)42)71(114)89-49(23-30-59(100)101)67(110)91-52(34-39-13-6-3-7-14-39)70(113)87-48(22-29-58(98)99)66(109)86-46(20-27-56(75)96)64(107)83-43(61(77)104)18-25-54(73)94;1-2(3)4/h2-9,11-16,36,43-53,81H,10,17-35H2,1H3,(H2,73,94)(H2,74,95)(H2,75,96)(H2,76,97)(H2,77,104)(H,82,93)(H,83,107)(H,84,108)(H,85,106)(H,86,109)(H,87,113)(H,88,112)(H,89,114)(H,90,105)(H,91,110)(H,92,111)(H,98,99)(H,100,101)(H,102,103)(H4,78,79,80);1H3,(H,3,4). The third kappa shape index (κ3) is 38.6. The quantitative estimate of drug-likeness (QED) is 0.0111. The highest BCUT2D eigenvalue weighted by Gasteiger charge is 2.38. The Bertz CT molecular complexity index is 4240. The van der Waals surface area contributed by atoms with E-state index >= 15 is 9.59 Å². The highest BCUT2D eigenvalue weighted by Crippen LogP contribution is 2.21. The molecular formula is C74H102N20O24. The molecule has 0 fully saturated rings. The van der Waals surface area contributed by atoms with Crippen LogP contribution in [0.4, 0.5) is 0 Å². The second-order valence-electron chi connectivity index (χ2n) is 27.0. The first-order chi connectivity index (χ1) is 55.6. The number of carbonyl (C=O) groups excluding carboxylic acids is 16. The largest absolute Gasteiger partial charge is 0.481 e. The lowest BCUT2D eigenvalue weighted by molar-refractivity contribution is -0.139. The summed E-state index contributed by atoms with van der Waals surface area (Å²) in [6.07, 6.45) is -8.46. The minimum atomic E-state index is -1.95. The molecule has 0 aliphatic carbocycles. The van der Waals surface area contributed by atoms with E-state index in [2.05, 4.69) is 68.8 Å². The molecular weight excluding hydrogens is 1550 g/mol. The van der Waals surface area contributed by atoms with Crippen molar-refractivity contribution >= 4 is 135 Å². The van der Waals surface area contributed by atoms with Gasteiger partial charge in [0.1, 0.15) is 66.5 Å². The Balaban J connectivity index is 0.00000878. The van der Waals surface area contributed by atoms with Gasteiger partial charge in [-0.05, 0) is 80.5 Å². The number of guanidine groups is 1. The maximum Gasteiger partial charge on any atom is 0.303 e. The van der Waals surface area contributed by atoms with Crippen molar-refractivity contribution < 1.29 is 116 Å². The number of aromatic nitrogens is 1. The molecule has 0 spiro atoms. The fraction of sp³-hybridized carbons (Fsp3) is 0.446. The second-order valence-corrected chi connectivity index (χ2v) is 27.0. The summed E-state index contributed by atoms with van der Waals surface area (Å²) in [6.45, 7) is 2.09. The van der Waals surface area contributed by atoms with E-state index in [9.17, 15) is 96.8 Å². The molecule has 0 saturated carbocycles. The number of carboxylic acid groups (broad SMARTS) is 4. The number of carboxylic acids is 4. The van der Waals surface area contributed by atoms with Crippen LogP contribution in [-0.2, 0) is 115 Å². The van der Waals surface area contributed by atoms with E-state index in [0.29, 0.717) is 27.6 Å². The second kappa shape index (κ2) is 50.9. The molecule has 642 valence electrons. The van der Waals surface area contributed by atoms with E-state index < -0.39 is 281 Å². The van der Waals surface area contributed by atoms with Crippen molar-refractivity contribution in [2.24, 2.45) is 34.4 Å². The molecule has 0 radical (unpaired) electrons. The number of carbonyl (C=O) groups is 20. The molecule has 1 aromatic heterocycles. The van der Waals surface area contributed by atoms with Gasteiger partial charge in [0.25, 0.3) is 5.97 Å². The fourth-order valence-electron chi connectivity index (χ4n) is 11.5. The molecule has 11 unspecified atom stereocenters. The average Bonchev–Trinajstić information content (AvgIpc) is 1.75. The molecule has 0 bridgehead atoms. The molecule has 118 heavy (non-hydrogen) atoms. The molecule has 16 amide bonds. The smallest absolute Gasteiger partial charge is 0.303 e. The zero-order valence-corrected chi connectivity index (χ0v) is 64.6. The van der Waals surface area contributed by atoms with Gasteiger partial charge >= 0.3 is 17.9 Å². The van der Waals surface area contributed by atoms with Gasteiger partial charge in [-0.2, -0.15) is 0 Å². The van der Waals surface area contributed by atoms with Crippen LogP contribution >= 0.6 is 0 Å². The van der Waals surface area contributed by atoms with Crippen molar-refractivity contribution in [2.45, 2.75) is 202 Å². The lowest BCUT2D eigenvalue weighted by atomic mass is 10.0. The van der Waals surface area contributed by atoms with Gasteiger partial charge < -0.3 is 124 Å². The molecule has 4 aromatic rings. The van der Waals surface area contributed by atoms with Crippen molar-refractivity contribution in [3.05, 3.63) is 108 Å². The monoisotopic (exact) mass is 1650 g/mol. The Kier molecular flexibility index (Phi) is 42.3. The number of aliphatic carboxylic acids is 4. The first-order valence-electron chi connectivity index (χ1n) is 36.9. The number of rotatable bonds is 53. The molecule has 1 heterocycles. The highest BCUT2D eigenvalue weighted by atomic mass is 16.4. The minimum Gasteiger partial charge on any atom is -0.481 e. The van der Waals surface area contributed by atoms with Crippen LogP contribution < -0.4 is 98.2 Å². The molecule has 30 N–H and O–H groups in total. The third-order valence-corrected chi connectivity index (χ3v) is 17.4. The Hall–Kier alpha value is -14.1. The summed E-state index contributed by atoms with van der Waals surface area (Å²) < 4.78 is 0. The van der Waals surface area contributed by atoms with E-state index in [0.717, 1.165) is 13.8 Å². The van der Waals surface area contributed by atoms with Crippen molar-refractivity contribution in [3.8, 4) is 0 Å². The number of primary amides is 5. The molecule has 0 aliphatic heterocycles. The summed E-state index contributed by atoms with van der Waals surface area (Å²) in [4.78, 5) is 266. The maximum atomic E-state index is 15.1. The Labute approximate surface area is 674 Å². The van der Waals surface area contributed by atoms with E-state index in [4.69, 9.17) is 49.7 Å². The summed E-state index contributed by atoms with van der Waals surface area (Å²) in [5.41, 5.74) is 33.8. The van der Waals surface area contributed by atoms with E-state index in [-0.39, 0.29) is 38.6 Å². The Morgan fingerprint density at radius 3 is 0.907 bits per heavy atom. The number of hydrogen-bond donors (Lipinski definition) is 24. The molecule has 44 nitrogen and oxygen atoms in total. The van der Waals surface area contributed by atoms with Crippen LogP contribution in [0.25, 0.3) is 10.9 Å². The number of para-hydroxylation sites is 1. The van der Waals surface area contributed by atoms with Gasteiger partial charge in [-0.3, -0.25) is 101 Å². The zero-order valence-electron chi connectivity index (χ0n) is 64.6. The van der Waals surface area contributed by atoms with E-state index in [1.54, 1.807) is 72.8 Å². The topological polar surface area (TPSA) is 762 Å². The van der Waals surface area contributed by atoms with Gasteiger partial charge in [-0.25, -0.2) is 0 Å². The molecule has 4 rings (SSSR count). The first kappa shape index (κ1) is 98.1. The van der Waals surface area contributed by atoms with Crippen molar-refractivity contribution in [1.82, 2.24) is 68.8 Å². The molecule has 0 saturated heterocycles.